The first-order valence-electron chi connectivity index (χ1n) is 14.4. The smallest absolute Gasteiger partial charge is 0.230 e. The molecule has 11 heteroatoms. The molecule has 0 saturated carbocycles. The van der Waals surface area contributed by atoms with Crippen molar-refractivity contribution in [2.75, 3.05) is 51.9 Å². The maximum atomic E-state index is 15.1. The van der Waals surface area contributed by atoms with Gasteiger partial charge in [-0.25, -0.2) is 4.39 Å². The van der Waals surface area contributed by atoms with Crippen LogP contribution in [-0.4, -0.2) is 67.5 Å². The second kappa shape index (κ2) is 14.9. The number of nitrogens with one attached hydrogen (secondary N) is 2. The van der Waals surface area contributed by atoms with Crippen LogP contribution in [0.5, 0.6) is 23.0 Å². The predicted octanol–water partition coefficient (Wildman–Crippen LogP) is 5.64. The molecule has 2 N–H and O–H groups in total. The number of thiocarbonyl (C=S) groups is 1. The molecule has 3 aromatic carbocycles. The second-order valence-corrected chi connectivity index (χ2v) is 10.7. The first kappa shape index (κ1) is 31.1. The van der Waals surface area contributed by atoms with Gasteiger partial charge in [0.2, 0.25) is 5.91 Å². The van der Waals surface area contributed by atoms with Crippen molar-refractivity contribution in [2.45, 2.75) is 19.8 Å². The minimum absolute atomic E-state index is 0.0139. The Kier molecular flexibility index (Phi) is 10.5. The molecule has 1 fully saturated rings. The van der Waals surface area contributed by atoms with Crippen LogP contribution >= 0.6 is 12.2 Å². The Labute approximate surface area is 261 Å². The lowest BCUT2D eigenvalue weighted by molar-refractivity contribution is -0.119. The lowest BCUT2D eigenvalue weighted by atomic mass is 10.1. The monoisotopic (exact) mass is 618 g/mol. The van der Waals surface area contributed by atoms with Crippen LogP contribution in [0.3, 0.4) is 0 Å². The van der Waals surface area contributed by atoms with Gasteiger partial charge in [0.1, 0.15) is 5.75 Å². The zero-order chi connectivity index (χ0) is 30.9. The fourth-order valence-electron chi connectivity index (χ4n) is 4.88. The largest absolute Gasteiger partial charge is 0.493 e. The molecule has 230 valence electrons. The van der Waals surface area contributed by atoms with Gasteiger partial charge in [-0.3, -0.25) is 14.7 Å². The molecule has 1 saturated heterocycles. The van der Waals surface area contributed by atoms with Gasteiger partial charge in [0.15, 0.2) is 28.2 Å². The van der Waals surface area contributed by atoms with Crippen LogP contribution in [0.1, 0.15) is 17.5 Å². The number of carbonyl (C=O) groups is 1. The average molecular weight is 619 g/mol. The number of carbonyl (C=O) groups excluding carboxylic acids is 1. The van der Waals surface area contributed by atoms with E-state index < -0.39 is 5.82 Å². The van der Waals surface area contributed by atoms with Gasteiger partial charge in [-0.15, -0.1) is 0 Å². The molecule has 1 aliphatic heterocycles. The predicted molar refractivity (Wildman–Crippen MR) is 171 cm³/mol. The molecule has 2 heterocycles. The van der Waals surface area contributed by atoms with E-state index in [1.807, 2.05) is 31.2 Å². The molecule has 1 aliphatic rings. The van der Waals surface area contributed by atoms with Crippen molar-refractivity contribution < 1.29 is 28.1 Å². The van der Waals surface area contributed by atoms with Crippen molar-refractivity contribution in [2.24, 2.45) is 0 Å². The second-order valence-electron chi connectivity index (χ2n) is 10.3. The number of amides is 1. The van der Waals surface area contributed by atoms with Crippen molar-refractivity contribution in [1.29, 1.82) is 0 Å². The van der Waals surface area contributed by atoms with Crippen LogP contribution in [0.4, 0.5) is 10.1 Å². The Bertz CT molecular complexity index is 1630. The van der Waals surface area contributed by atoms with Gasteiger partial charge in [0.05, 0.1) is 38.9 Å². The van der Waals surface area contributed by atoms with Crippen molar-refractivity contribution in [3.63, 3.8) is 0 Å². The Morgan fingerprint density at radius 2 is 1.86 bits per heavy atom. The Hall–Kier alpha value is -4.32. The number of pyridine rings is 1. The van der Waals surface area contributed by atoms with E-state index in [2.05, 4.69) is 20.5 Å². The number of nitrogens with zero attached hydrogens (tertiary/aromatic N) is 2. The summed E-state index contributed by atoms with van der Waals surface area (Å²) in [6, 6.07) is 17.2. The lowest BCUT2D eigenvalue weighted by Crippen LogP contribution is -2.37. The van der Waals surface area contributed by atoms with Crippen LogP contribution in [0.2, 0.25) is 0 Å². The number of aromatic nitrogens is 1. The number of morpholine rings is 1. The van der Waals surface area contributed by atoms with Crippen LogP contribution in [0.15, 0.2) is 66.9 Å². The molecule has 0 atom stereocenters. The van der Waals surface area contributed by atoms with Crippen LogP contribution in [0, 0.1) is 12.7 Å². The van der Waals surface area contributed by atoms with Gasteiger partial charge in [0.25, 0.3) is 0 Å². The number of hydrogen-bond acceptors (Lipinski definition) is 8. The van der Waals surface area contributed by atoms with E-state index in [1.54, 1.807) is 37.6 Å². The minimum atomic E-state index is -0.610. The number of rotatable bonds is 11. The van der Waals surface area contributed by atoms with Crippen LogP contribution in [0.25, 0.3) is 10.9 Å². The summed E-state index contributed by atoms with van der Waals surface area (Å²) in [6.45, 7) is 6.81. The summed E-state index contributed by atoms with van der Waals surface area (Å²) in [4.78, 5) is 19.2. The van der Waals surface area contributed by atoms with Crippen molar-refractivity contribution in [3.8, 4) is 23.0 Å². The molecule has 44 heavy (non-hydrogen) atoms. The maximum Gasteiger partial charge on any atom is 0.230 e. The number of hydrogen-bond donors (Lipinski definition) is 2. The molecule has 0 aliphatic carbocycles. The Balaban J connectivity index is 1.20. The van der Waals surface area contributed by atoms with Gasteiger partial charge in [-0.2, -0.15) is 0 Å². The van der Waals surface area contributed by atoms with E-state index in [1.165, 1.54) is 12.1 Å². The molecule has 0 bridgehead atoms. The van der Waals surface area contributed by atoms with Crippen molar-refractivity contribution >= 4 is 39.8 Å². The molecule has 0 spiro atoms. The first-order chi connectivity index (χ1) is 21.4. The summed E-state index contributed by atoms with van der Waals surface area (Å²) in [5.74, 6) is 0.653. The van der Waals surface area contributed by atoms with E-state index in [0.717, 1.165) is 50.4 Å². The molecule has 9 nitrogen and oxygen atoms in total. The third-order valence-electron chi connectivity index (χ3n) is 7.24. The van der Waals surface area contributed by atoms with E-state index in [0.29, 0.717) is 40.4 Å². The molecular weight excluding hydrogens is 583 g/mol. The summed E-state index contributed by atoms with van der Waals surface area (Å²) >= 11 is 5.26. The number of aryl methyl sites for hydroxylation is 1. The number of methoxy groups -OCH3 is 1. The van der Waals surface area contributed by atoms with E-state index in [9.17, 15) is 4.79 Å². The van der Waals surface area contributed by atoms with Crippen molar-refractivity contribution in [1.82, 2.24) is 15.2 Å². The highest BCUT2D eigenvalue weighted by Gasteiger charge is 2.15. The summed E-state index contributed by atoms with van der Waals surface area (Å²) in [6.07, 6.45) is 2.65. The van der Waals surface area contributed by atoms with Crippen molar-refractivity contribution in [3.05, 3.63) is 83.8 Å². The molecule has 5 rings (SSSR count). The summed E-state index contributed by atoms with van der Waals surface area (Å²) in [5.41, 5.74) is 2.91. The fourth-order valence-corrected chi connectivity index (χ4v) is 5.11. The van der Waals surface area contributed by atoms with Gasteiger partial charge in [-0.05, 0) is 61.0 Å². The average Bonchev–Trinajstić information content (AvgIpc) is 3.02. The maximum absolute atomic E-state index is 15.1. The third-order valence-corrected chi connectivity index (χ3v) is 7.45. The standard InChI is InChI=1S/C33H35FN4O5S/c1-22-6-3-4-7-23(22)18-32(39)37-33(44)36-24-8-9-29(26(34)19-24)43-28-10-11-35-27-21-31(30(40-2)20-25(27)28)42-15-5-12-38-13-16-41-17-14-38/h3-4,6-11,19-21H,5,12-18H2,1-2H3,(H2,36,37,39,44). The zero-order valence-corrected chi connectivity index (χ0v) is 25.5. The highest BCUT2D eigenvalue weighted by molar-refractivity contribution is 7.80. The number of ether oxygens (including phenoxy) is 4. The van der Waals surface area contributed by atoms with Gasteiger partial charge in [0, 0.05) is 49.0 Å². The highest BCUT2D eigenvalue weighted by Crippen LogP contribution is 2.38. The van der Waals surface area contributed by atoms with E-state index >= 15 is 4.39 Å². The zero-order valence-electron chi connectivity index (χ0n) is 24.7. The lowest BCUT2D eigenvalue weighted by Gasteiger charge is -2.26. The summed E-state index contributed by atoms with van der Waals surface area (Å²) in [7, 11) is 1.57. The quantitative estimate of drug-likeness (QED) is 0.164. The molecular formula is C33H35FN4O5S. The number of benzene rings is 3. The van der Waals surface area contributed by atoms with Crippen LogP contribution < -0.4 is 24.8 Å². The summed E-state index contributed by atoms with van der Waals surface area (Å²) < 4.78 is 38.1. The minimum Gasteiger partial charge on any atom is -0.493 e. The highest BCUT2D eigenvalue weighted by atomic mass is 32.1. The van der Waals surface area contributed by atoms with E-state index in [4.69, 9.17) is 31.2 Å². The number of anilines is 1. The molecule has 0 unspecified atom stereocenters. The Morgan fingerprint density at radius 3 is 2.64 bits per heavy atom. The Morgan fingerprint density at radius 1 is 1.05 bits per heavy atom. The molecule has 1 aromatic heterocycles. The van der Waals surface area contributed by atoms with Gasteiger partial charge in [-0.1, -0.05) is 24.3 Å². The fraction of sp³-hybridized carbons (Fsp3) is 0.303. The summed E-state index contributed by atoms with van der Waals surface area (Å²) in [5, 5.41) is 6.20. The van der Waals surface area contributed by atoms with Gasteiger partial charge >= 0.3 is 0 Å². The molecule has 4 aromatic rings. The topological polar surface area (TPSA) is 94.2 Å². The van der Waals surface area contributed by atoms with Gasteiger partial charge < -0.3 is 29.6 Å². The number of fused-ring (bicyclic) bond motifs is 1. The number of halogens is 1. The normalized spacial score (nSPS) is 13.3. The first-order valence-corrected chi connectivity index (χ1v) is 14.8. The molecule has 1 amide bonds. The van der Waals surface area contributed by atoms with E-state index in [-0.39, 0.29) is 23.2 Å². The SMILES string of the molecule is COc1cc2c(Oc3ccc(NC(=S)NC(=O)Cc4ccccc4C)cc3F)ccnc2cc1OCCCN1CCOCC1. The van der Waals surface area contributed by atoms with Crippen LogP contribution in [-0.2, 0) is 16.0 Å². The molecule has 0 radical (unpaired) electrons. The third kappa shape index (κ3) is 8.19.